The first-order valence-electron chi connectivity index (χ1n) is 16.5. The third-order valence-electron chi connectivity index (χ3n) is 7.89. The Bertz CT molecular complexity index is 1400. The molecule has 3 N–H and O–H groups in total. The molecule has 1 saturated heterocycles. The van der Waals surface area contributed by atoms with E-state index in [1.807, 2.05) is 63.2 Å². The highest BCUT2D eigenvalue weighted by Gasteiger charge is 2.42. The van der Waals surface area contributed by atoms with Crippen LogP contribution in [0.2, 0.25) is 0 Å². The molecule has 10 nitrogen and oxygen atoms in total. The Balaban J connectivity index is 1.49. The highest BCUT2D eigenvalue weighted by Crippen LogP contribution is 2.31. The maximum absolute atomic E-state index is 14.3. The summed E-state index contributed by atoms with van der Waals surface area (Å²) < 4.78 is 10.8. The topological polar surface area (TPSA) is 126 Å². The fraction of sp³-hybridized carbons (Fsp3) is 0.556. The lowest BCUT2D eigenvalue weighted by molar-refractivity contribution is -0.138. The maximum atomic E-state index is 14.3. The maximum Gasteiger partial charge on any atom is 0.408 e. The van der Waals surface area contributed by atoms with Crippen molar-refractivity contribution in [3.8, 4) is 0 Å². The van der Waals surface area contributed by atoms with E-state index in [1.54, 1.807) is 37.4 Å². The van der Waals surface area contributed by atoms with Crippen molar-refractivity contribution in [3.05, 3.63) is 65.2 Å². The third-order valence-corrected chi connectivity index (χ3v) is 9.14. The fourth-order valence-corrected chi connectivity index (χ4v) is 6.98. The summed E-state index contributed by atoms with van der Waals surface area (Å²) >= 11 is 1.60. The van der Waals surface area contributed by atoms with Crippen LogP contribution in [0.5, 0.6) is 0 Å². The summed E-state index contributed by atoms with van der Waals surface area (Å²) in [5, 5.41) is 8.59. The van der Waals surface area contributed by atoms with Gasteiger partial charge in [-0.1, -0.05) is 36.4 Å². The van der Waals surface area contributed by atoms with Gasteiger partial charge in [-0.15, -0.1) is 0 Å². The van der Waals surface area contributed by atoms with Gasteiger partial charge in [0.2, 0.25) is 11.8 Å². The molecular weight excluding hydrogens is 616 g/mol. The lowest BCUT2D eigenvalue weighted by Crippen LogP contribution is -2.53. The minimum Gasteiger partial charge on any atom is -0.444 e. The summed E-state index contributed by atoms with van der Waals surface area (Å²) in [4.78, 5) is 54.7. The number of anilines is 1. The minimum absolute atomic E-state index is 0.0496. The Kier molecular flexibility index (Phi) is 12.2. The predicted octanol–water partition coefficient (Wildman–Crippen LogP) is 5.87. The van der Waals surface area contributed by atoms with Gasteiger partial charge >= 0.3 is 12.2 Å². The molecule has 0 saturated carbocycles. The van der Waals surface area contributed by atoms with Crippen LogP contribution < -0.4 is 16.0 Å². The first-order valence-corrected chi connectivity index (χ1v) is 17.6. The number of benzene rings is 2. The molecule has 2 aromatic carbocycles. The number of thioether (sulfide) groups is 1. The van der Waals surface area contributed by atoms with Crippen molar-refractivity contribution >= 4 is 41.5 Å². The van der Waals surface area contributed by atoms with Crippen molar-refractivity contribution in [1.82, 2.24) is 15.5 Å². The van der Waals surface area contributed by atoms with E-state index in [0.29, 0.717) is 43.8 Å². The van der Waals surface area contributed by atoms with E-state index in [4.69, 9.17) is 9.47 Å². The van der Waals surface area contributed by atoms with Gasteiger partial charge in [-0.05, 0) is 109 Å². The number of alkyl carbamates (subject to hydrolysis) is 2. The minimum atomic E-state index is -0.891. The number of carbonyl (C=O) groups is 4. The number of aryl methyl sites for hydroxylation is 3. The molecule has 0 aromatic heterocycles. The monoisotopic (exact) mass is 666 g/mol. The summed E-state index contributed by atoms with van der Waals surface area (Å²) in [6.07, 6.45) is 3.32. The van der Waals surface area contributed by atoms with Crippen LogP contribution in [0.3, 0.4) is 0 Å². The van der Waals surface area contributed by atoms with Gasteiger partial charge in [0, 0.05) is 29.8 Å². The number of amides is 4. The molecule has 4 amide bonds. The second kappa shape index (κ2) is 15.9. The van der Waals surface area contributed by atoms with Crippen LogP contribution >= 0.6 is 11.8 Å². The Hall–Kier alpha value is -3.73. The summed E-state index contributed by atoms with van der Waals surface area (Å²) in [7, 11) is 0. The molecule has 0 spiro atoms. The molecule has 1 heterocycles. The predicted molar refractivity (Wildman–Crippen MR) is 186 cm³/mol. The van der Waals surface area contributed by atoms with E-state index < -0.39 is 35.5 Å². The molecule has 256 valence electrons. The number of hydrogen-bond acceptors (Lipinski definition) is 7. The molecule has 0 radical (unpaired) electrons. The van der Waals surface area contributed by atoms with Crippen LogP contribution in [0.25, 0.3) is 0 Å². The van der Waals surface area contributed by atoms with Gasteiger partial charge in [0.1, 0.15) is 23.3 Å². The zero-order valence-corrected chi connectivity index (χ0v) is 29.3. The number of carbonyl (C=O) groups excluding carboxylic acids is 4. The second-order valence-corrected chi connectivity index (χ2v) is 15.6. The van der Waals surface area contributed by atoms with Gasteiger partial charge in [-0.3, -0.25) is 9.59 Å². The Labute approximate surface area is 283 Å². The number of hydrogen-bond donors (Lipinski definition) is 3. The van der Waals surface area contributed by atoms with E-state index >= 15 is 0 Å². The van der Waals surface area contributed by atoms with Crippen molar-refractivity contribution in [2.45, 2.75) is 109 Å². The Morgan fingerprint density at radius 1 is 0.915 bits per heavy atom. The van der Waals surface area contributed by atoms with Crippen molar-refractivity contribution in [3.63, 3.8) is 0 Å². The standard InChI is InChI=1S/C36H50N4O6S/c1-35(2,3)45-33(43)37-19-20-47-28-22-30(31(41)38-27-17-16-25-13-10-14-26(25)21-27)40(23-28)32(42)29(39-34(44)46-36(4,5)6)18-15-24-11-8-7-9-12-24/h7-9,11-12,16-17,21,28-30H,10,13-15,18-20,22-23H2,1-6H3,(H,37,43)(H,38,41)(H,39,44)/t28-,29+,30+/m1/s1. The van der Waals surface area contributed by atoms with Gasteiger partial charge < -0.3 is 30.3 Å². The molecule has 1 aliphatic heterocycles. The van der Waals surface area contributed by atoms with E-state index in [-0.39, 0.29) is 17.1 Å². The van der Waals surface area contributed by atoms with Gasteiger partial charge in [0.25, 0.3) is 0 Å². The molecule has 2 aromatic rings. The molecule has 2 aliphatic rings. The van der Waals surface area contributed by atoms with Crippen LogP contribution in [0.1, 0.15) is 77.5 Å². The number of nitrogens with zero attached hydrogens (tertiary/aromatic N) is 1. The molecule has 0 bridgehead atoms. The van der Waals surface area contributed by atoms with Crippen LogP contribution in [-0.2, 0) is 38.3 Å². The molecule has 1 fully saturated rings. The first-order chi connectivity index (χ1) is 22.2. The van der Waals surface area contributed by atoms with Crippen LogP contribution in [0.4, 0.5) is 15.3 Å². The zero-order valence-electron chi connectivity index (χ0n) is 28.5. The largest absolute Gasteiger partial charge is 0.444 e. The molecular formula is C36H50N4O6S. The quantitative estimate of drug-likeness (QED) is 0.256. The Morgan fingerprint density at radius 3 is 2.30 bits per heavy atom. The highest BCUT2D eigenvalue weighted by molar-refractivity contribution is 7.99. The molecule has 4 rings (SSSR count). The van der Waals surface area contributed by atoms with Crippen molar-refractivity contribution in [2.75, 3.05) is 24.2 Å². The third kappa shape index (κ3) is 11.5. The van der Waals surface area contributed by atoms with Gasteiger partial charge in [0.15, 0.2) is 0 Å². The molecule has 3 atom stereocenters. The smallest absolute Gasteiger partial charge is 0.408 e. The van der Waals surface area contributed by atoms with E-state index in [1.165, 1.54) is 11.1 Å². The summed E-state index contributed by atoms with van der Waals surface area (Å²) in [5.41, 5.74) is 2.98. The van der Waals surface area contributed by atoms with Crippen LogP contribution in [0.15, 0.2) is 48.5 Å². The number of nitrogens with one attached hydrogen (secondary N) is 3. The van der Waals surface area contributed by atoms with Crippen molar-refractivity contribution in [1.29, 1.82) is 0 Å². The second-order valence-electron chi connectivity index (χ2n) is 14.2. The number of rotatable bonds is 11. The van der Waals surface area contributed by atoms with Gasteiger partial charge in [-0.2, -0.15) is 11.8 Å². The molecule has 1 aliphatic carbocycles. The van der Waals surface area contributed by atoms with Gasteiger partial charge in [0.05, 0.1) is 0 Å². The average Bonchev–Trinajstić information content (AvgIpc) is 3.63. The summed E-state index contributed by atoms with van der Waals surface area (Å²) in [5.74, 6) is -0.000157. The number of fused-ring (bicyclic) bond motifs is 1. The van der Waals surface area contributed by atoms with Crippen molar-refractivity contribution < 1.29 is 28.7 Å². The number of ether oxygens (including phenoxy) is 2. The zero-order chi connectivity index (χ0) is 34.2. The fourth-order valence-electron chi connectivity index (χ4n) is 5.84. The van der Waals surface area contributed by atoms with Gasteiger partial charge in [-0.25, -0.2) is 9.59 Å². The average molecular weight is 667 g/mol. The van der Waals surface area contributed by atoms with Crippen molar-refractivity contribution in [2.24, 2.45) is 0 Å². The summed E-state index contributed by atoms with van der Waals surface area (Å²) in [6, 6.07) is 14.2. The molecule has 0 unspecified atom stereocenters. The summed E-state index contributed by atoms with van der Waals surface area (Å²) in [6.45, 7) is 11.5. The highest BCUT2D eigenvalue weighted by atomic mass is 32.2. The first kappa shape index (κ1) is 36.1. The van der Waals surface area contributed by atoms with Crippen LogP contribution in [-0.4, -0.2) is 76.3 Å². The lowest BCUT2D eigenvalue weighted by Gasteiger charge is -2.29. The number of likely N-dealkylation sites (tertiary alicyclic amines) is 1. The normalized spacial score (nSPS) is 18.2. The molecule has 47 heavy (non-hydrogen) atoms. The lowest BCUT2D eigenvalue weighted by atomic mass is 10.0. The van der Waals surface area contributed by atoms with E-state index in [0.717, 1.165) is 24.8 Å². The molecule has 11 heteroatoms. The Morgan fingerprint density at radius 2 is 1.60 bits per heavy atom. The SMILES string of the molecule is CC(C)(C)OC(=O)NCCS[C@@H]1C[C@@H](C(=O)Nc2ccc3c(c2)CCC3)N(C(=O)[C@H](CCc2ccccc2)NC(=O)OC(C)(C)C)C1. The van der Waals surface area contributed by atoms with E-state index in [2.05, 4.69) is 22.0 Å². The van der Waals surface area contributed by atoms with E-state index in [9.17, 15) is 19.2 Å². The van der Waals surface area contributed by atoms with Crippen LogP contribution in [0, 0.1) is 0 Å².